The monoisotopic (exact) mass is 278 g/mol. The number of nitrogens with two attached hydrogens (primary N) is 1. The van der Waals surface area contributed by atoms with Gasteiger partial charge < -0.3 is 16.0 Å². The van der Waals surface area contributed by atoms with E-state index in [1.807, 2.05) is 38.1 Å². The molecule has 0 aromatic heterocycles. The van der Waals surface area contributed by atoms with Crippen molar-refractivity contribution in [3.05, 3.63) is 35.1 Å². The Morgan fingerprint density at radius 2 is 1.93 bits per heavy atom. The molecule has 1 aromatic carbocycles. The van der Waals surface area contributed by atoms with Crippen molar-refractivity contribution < 1.29 is 19.5 Å². The van der Waals surface area contributed by atoms with Gasteiger partial charge in [0.1, 0.15) is 0 Å². The van der Waals surface area contributed by atoms with Crippen LogP contribution in [-0.4, -0.2) is 5.96 Å². The van der Waals surface area contributed by atoms with Crippen molar-refractivity contribution in [3.63, 3.8) is 0 Å². The van der Waals surface area contributed by atoms with Crippen LogP contribution in [0.15, 0.2) is 29.3 Å². The second kappa shape index (κ2) is 6.55. The van der Waals surface area contributed by atoms with Crippen LogP contribution in [0.5, 0.6) is 0 Å². The molecule has 1 aliphatic heterocycles. The third kappa shape index (κ3) is 3.11. The van der Waals surface area contributed by atoms with Gasteiger partial charge in [-0.1, -0.05) is 38.1 Å². The summed E-state index contributed by atoms with van der Waals surface area (Å²) in [6, 6.07) is 7.87. The largest absolute Gasteiger partial charge is 1.00 e. The third-order valence-electron chi connectivity index (χ3n) is 1.64. The maximum absolute atomic E-state index is 5.43. The molecule has 0 unspecified atom stereocenters. The minimum atomic E-state index is 0. The van der Waals surface area contributed by atoms with Crippen molar-refractivity contribution in [2.45, 2.75) is 20.4 Å². The minimum Gasteiger partial charge on any atom is -0.454 e. The molecule has 14 heavy (non-hydrogen) atoms. The summed E-state index contributed by atoms with van der Waals surface area (Å²) in [6.45, 7) is 4.66. The maximum atomic E-state index is 5.43. The van der Waals surface area contributed by atoms with Gasteiger partial charge in [0.15, 0.2) is 0 Å². The molecule has 0 amide bonds. The molecule has 0 aliphatic carbocycles. The standard InChI is InChI=1S/C8H8N3.C2H6.Ru/c9-8-10-5-6-3-1-2-4-7(6)11-8;1-2;/h1-4H,5H2,(H2-,9,10,11);1-2H3;/q-1;;+1. The van der Waals surface area contributed by atoms with Crippen molar-refractivity contribution >= 4 is 11.6 Å². The fourth-order valence-corrected chi connectivity index (χ4v) is 1.08. The molecule has 2 rings (SSSR count). The van der Waals surface area contributed by atoms with E-state index in [1.54, 1.807) is 0 Å². The smallest absolute Gasteiger partial charge is 0.454 e. The average molecular weight is 277 g/mol. The van der Waals surface area contributed by atoms with Crippen LogP contribution in [0.1, 0.15) is 19.4 Å². The maximum Gasteiger partial charge on any atom is 1.00 e. The second-order valence-corrected chi connectivity index (χ2v) is 2.41. The van der Waals surface area contributed by atoms with Crippen LogP contribution in [-0.2, 0) is 26.0 Å². The Balaban J connectivity index is 0.000000531. The zero-order chi connectivity index (χ0) is 9.68. The molecule has 1 radical (unpaired) electrons. The summed E-state index contributed by atoms with van der Waals surface area (Å²) in [4.78, 5) is 4.07. The molecule has 1 heterocycles. The number of para-hydroxylation sites is 1. The quantitative estimate of drug-likeness (QED) is 0.728. The number of benzene rings is 1. The van der Waals surface area contributed by atoms with Gasteiger partial charge in [0, 0.05) is 12.5 Å². The summed E-state index contributed by atoms with van der Waals surface area (Å²) in [5.74, 6) is 0.378. The van der Waals surface area contributed by atoms with Gasteiger partial charge in [-0.25, -0.2) is 0 Å². The Kier molecular flexibility index (Phi) is 6.14. The predicted octanol–water partition coefficient (Wildman–Crippen LogP) is 2.54. The van der Waals surface area contributed by atoms with Gasteiger partial charge >= 0.3 is 19.5 Å². The summed E-state index contributed by atoms with van der Waals surface area (Å²) >= 11 is 0. The zero-order valence-electron chi connectivity index (χ0n) is 8.34. The van der Waals surface area contributed by atoms with E-state index in [4.69, 9.17) is 5.73 Å². The van der Waals surface area contributed by atoms with Crippen LogP contribution in [0.2, 0.25) is 0 Å². The molecule has 2 N–H and O–H groups in total. The molecule has 4 heteroatoms. The number of aliphatic imine (C=N–C) groups is 1. The van der Waals surface area contributed by atoms with Crippen molar-refractivity contribution in [1.29, 1.82) is 0 Å². The second-order valence-electron chi connectivity index (χ2n) is 2.41. The molecular formula is C10H14N3Ru. The Bertz CT molecular complexity index is 310. The molecule has 0 spiro atoms. The first kappa shape index (κ1) is 13.1. The molecule has 1 aromatic rings. The van der Waals surface area contributed by atoms with Crippen molar-refractivity contribution in [3.8, 4) is 0 Å². The molecular weight excluding hydrogens is 263 g/mol. The van der Waals surface area contributed by atoms with E-state index in [0.717, 1.165) is 11.3 Å². The first-order valence-corrected chi connectivity index (χ1v) is 4.46. The van der Waals surface area contributed by atoms with Gasteiger partial charge in [0.05, 0.1) is 0 Å². The molecule has 0 atom stereocenters. The van der Waals surface area contributed by atoms with Gasteiger partial charge in [0.2, 0.25) is 0 Å². The summed E-state index contributed by atoms with van der Waals surface area (Å²) in [7, 11) is 0. The summed E-state index contributed by atoms with van der Waals surface area (Å²) < 4.78 is 0. The Labute approximate surface area is 97.6 Å². The van der Waals surface area contributed by atoms with E-state index in [2.05, 4.69) is 10.3 Å². The molecule has 0 saturated carbocycles. The first-order chi connectivity index (χ1) is 6.36. The molecule has 0 fully saturated rings. The zero-order valence-corrected chi connectivity index (χ0v) is 10.1. The fraction of sp³-hybridized carbons (Fsp3) is 0.300. The average Bonchev–Trinajstić information content (AvgIpc) is 2.21. The number of nitrogens with zero attached hydrogens (tertiary/aromatic N) is 2. The van der Waals surface area contributed by atoms with Crippen LogP contribution in [0.3, 0.4) is 0 Å². The Morgan fingerprint density at radius 3 is 2.64 bits per heavy atom. The van der Waals surface area contributed by atoms with Crippen molar-refractivity contribution in [2.75, 3.05) is 0 Å². The molecule has 0 saturated heterocycles. The number of guanidine groups is 1. The van der Waals surface area contributed by atoms with Gasteiger partial charge in [-0.3, -0.25) is 0 Å². The van der Waals surface area contributed by atoms with E-state index < -0.39 is 0 Å². The van der Waals surface area contributed by atoms with Crippen LogP contribution < -0.4 is 5.73 Å². The topological polar surface area (TPSA) is 52.5 Å². The number of hydrogen-bond acceptors (Lipinski definition) is 2. The summed E-state index contributed by atoms with van der Waals surface area (Å²) in [5, 5.41) is 4.00. The van der Waals surface area contributed by atoms with Crippen LogP contribution in [0.25, 0.3) is 5.32 Å². The normalized spacial score (nSPS) is 12.0. The van der Waals surface area contributed by atoms with Gasteiger partial charge in [-0.2, -0.15) is 0 Å². The van der Waals surface area contributed by atoms with E-state index in [-0.39, 0.29) is 19.5 Å². The molecule has 77 valence electrons. The van der Waals surface area contributed by atoms with Gasteiger partial charge in [-0.05, 0) is 11.3 Å². The minimum absolute atomic E-state index is 0. The molecule has 0 bridgehead atoms. The van der Waals surface area contributed by atoms with E-state index in [1.165, 1.54) is 0 Å². The predicted molar refractivity (Wildman–Crippen MR) is 56.1 cm³/mol. The first-order valence-electron chi connectivity index (χ1n) is 4.46. The number of rotatable bonds is 0. The Morgan fingerprint density at radius 1 is 1.29 bits per heavy atom. The van der Waals surface area contributed by atoms with Gasteiger partial charge in [0.25, 0.3) is 0 Å². The van der Waals surface area contributed by atoms with Crippen LogP contribution in [0.4, 0.5) is 5.69 Å². The molecule has 1 aliphatic rings. The molecule has 3 nitrogen and oxygen atoms in total. The van der Waals surface area contributed by atoms with E-state index in [9.17, 15) is 0 Å². The number of hydrogen-bond donors (Lipinski definition) is 1. The third-order valence-corrected chi connectivity index (χ3v) is 1.64. The SMILES string of the molecule is CC.NC1=Nc2ccccc2C[N-]1.[Ru+]. The van der Waals surface area contributed by atoms with E-state index >= 15 is 0 Å². The van der Waals surface area contributed by atoms with Gasteiger partial charge in [-0.15, -0.1) is 0 Å². The van der Waals surface area contributed by atoms with Crippen LogP contribution >= 0.6 is 0 Å². The number of fused-ring (bicyclic) bond motifs is 1. The summed E-state index contributed by atoms with van der Waals surface area (Å²) in [5.41, 5.74) is 7.52. The van der Waals surface area contributed by atoms with Crippen LogP contribution in [0, 0.1) is 0 Å². The fourth-order valence-electron chi connectivity index (χ4n) is 1.08. The van der Waals surface area contributed by atoms with E-state index in [0.29, 0.717) is 12.5 Å². The Hall–Kier alpha value is -0.887. The van der Waals surface area contributed by atoms with Crippen molar-refractivity contribution in [2.24, 2.45) is 10.7 Å². The van der Waals surface area contributed by atoms with Crippen molar-refractivity contribution in [1.82, 2.24) is 0 Å². The summed E-state index contributed by atoms with van der Waals surface area (Å²) in [6.07, 6.45) is 0.